The Balaban J connectivity index is 2.41. The number of carbonyl (C=O) groups excluding carboxylic acids is 2. The second-order valence-electron chi connectivity index (χ2n) is 4.88. The number of alkyl carbamates (subject to hydrolysis) is 1. The van der Waals surface area contributed by atoms with Crippen LogP contribution in [-0.2, 0) is 9.53 Å². The fourth-order valence-corrected chi connectivity index (χ4v) is 1.41. The molecular weight excluding hydrogens is 268 g/mol. The van der Waals surface area contributed by atoms with Crippen LogP contribution in [0.2, 0.25) is 5.02 Å². The maximum absolute atomic E-state index is 11.6. The van der Waals surface area contributed by atoms with Crippen molar-refractivity contribution in [2.75, 3.05) is 11.9 Å². The molecule has 1 aromatic rings. The Labute approximate surface area is 117 Å². The molecular formula is C13H17ClN2O3. The lowest BCUT2D eigenvalue weighted by Crippen LogP contribution is -2.37. The van der Waals surface area contributed by atoms with Crippen molar-refractivity contribution >= 4 is 29.3 Å². The van der Waals surface area contributed by atoms with E-state index in [2.05, 4.69) is 10.6 Å². The summed E-state index contributed by atoms with van der Waals surface area (Å²) in [4.78, 5) is 22.9. The number of para-hydroxylation sites is 1. The SMILES string of the molecule is CC(C)(C)OC(=O)NCC(=O)Nc1ccccc1Cl. The first-order valence-corrected chi connectivity index (χ1v) is 6.17. The van der Waals surface area contributed by atoms with Gasteiger partial charge in [0.2, 0.25) is 5.91 Å². The minimum Gasteiger partial charge on any atom is -0.444 e. The Kier molecular flexibility index (Phi) is 5.18. The first kappa shape index (κ1) is 15.3. The monoisotopic (exact) mass is 284 g/mol. The van der Waals surface area contributed by atoms with Crippen molar-refractivity contribution in [1.29, 1.82) is 0 Å². The number of carbonyl (C=O) groups is 2. The maximum Gasteiger partial charge on any atom is 0.408 e. The highest BCUT2D eigenvalue weighted by Gasteiger charge is 2.16. The minimum absolute atomic E-state index is 0.180. The van der Waals surface area contributed by atoms with Gasteiger partial charge in [-0.2, -0.15) is 0 Å². The summed E-state index contributed by atoms with van der Waals surface area (Å²) in [6, 6.07) is 6.85. The molecule has 1 aromatic carbocycles. The zero-order chi connectivity index (χ0) is 14.5. The lowest BCUT2D eigenvalue weighted by molar-refractivity contribution is -0.115. The van der Waals surface area contributed by atoms with Crippen LogP contribution in [0.25, 0.3) is 0 Å². The van der Waals surface area contributed by atoms with Gasteiger partial charge in [0.15, 0.2) is 0 Å². The van der Waals surface area contributed by atoms with Crippen molar-refractivity contribution in [3.05, 3.63) is 29.3 Å². The molecule has 2 N–H and O–H groups in total. The largest absolute Gasteiger partial charge is 0.444 e. The van der Waals surface area contributed by atoms with Gasteiger partial charge in [0.1, 0.15) is 12.1 Å². The Morgan fingerprint density at radius 1 is 1.26 bits per heavy atom. The van der Waals surface area contributed by atoms with E-state index in [9.17, 15) is 9.59 Å². The van der Waals surface area contributed by atoms with Gasteiger partial charge in [-0.1, -0.05) is 23.7 Å². The van der Waals surface area contributed by atoms with Crippen LogP contribution >= 0.6 is 11.6 Å². The number of ether oxygens (including phenoxy) is 1. The summed E-state index contributed by atoms with van der Waals surface area (Å²) in [7, 11) is 0. The van der Waals surface area contributed by atoms with Gasteiger partial charge in [-0.25, -0.2) is 4.79 Å². The fraction of sp³-hybridized carbons (Fsp3) is 0.385. The molecule has 0 aliphatic heterocycles. The first-order chi connectivity index (χ1) is 8.78. The molecule has 0 radical (unpaired) electrons. The van der Waals surface area contributed by atoms with E-state index in [-0.39, 0.29) is 12.5 Å². The van der Waals surface area contributed by atoms with Crippen LogP contribution in [0.4, 0.5) is 10.5 Å². The zero-order valence-electron chi connectivity index (χ0n) is 11.1. The number of hydrogen-bond acceptors (Lipinski definition) is 3. The predicted octanol–water partition coefficient (Wildman–Crippen LogP) is 2.80. The summed E-state index contributed by atoms with van der Waals surface area (Å²) in [5, 5.41) is 5.39. The van der Waals surface area contributed by atoms with Crippen LogP contribution in [0.15, 0.2) is 24.3 Å². The lowest BCUT2D eigenvalue weighted by atomic mass is 10.2. The van der Waals surface area contributed by atoms with Gasteiger partial charge >= 0.3 is 6.09 Å². The molecule has 0 aliphatic rings. The average molecular weight is 285 g/mol. The van der Waals surface area contributed by atoms with Crippen molar-refractivity contribution in [3.63, 3.8) is 0 Å². The number of anilines is 1. The summed E-state index contributed by atoms with van der Waals surface area (Å²) in [5.74, 6) is -0.376. The standard InChI is InChI=1S/C13H17ClN2O3/c1-13(2,3)19-12(18)15-8-11(17)16-10-7-5-4-6-9(10)14/h4-7H,8H2,1-3H3,(H,15,18)(H,16,17). The topological polar surface area (TPSA) is 67.4 Å². The molecule has 0 unspecified atom stereocenters. The number of amides is 2. The molecule has 0 fully saturated rings. The van der Waals surface area contributed by atoms with Crippen LogP contribution in [0.5, 0.6) is 0 Å². The van der Waals surface area contributed by atoms with Gasteiger partial charge in [-0.3, -0.25) is 4.79 Å². The number of nitrogens with one attached hydrogen (secondary N) is 2. The summed E-state index contributed by atoms with van der Waals surface area (Å²) in [6.45, 7) is 5.06. The van der Waals surface area contributed by atoms with Crippen molar-refractivity contribution in [2.45, 2.75) is 26.4 Å². The Bertz CT molecular complexity index is 469. The zero-order valence-corrected chi connectivity index (χ0v) is 11.9. The summed E-state index contributed by atoms with van der Waals surface area (Å²) in [6.07, 6.45) is -0.637. The number of benzene rings is 1. The Morgan fingerprint density at radius 2 is 1.89 bits per heavy atom. The second-order valence-corrected chi connectivity index (χ2v) is 5.29. The molecule has 104 valence electrons. The van der Waals surface area contributed by atoms with Crippen molar-refractivity contribution in [1.82, 2.24) is 5.32 Å². The minimum atomic E-state index is -0.637. The molecule has 0 saturated heterocycles. The molecule has 0 atom stereocenters. The van der Waals surface area contributed by atoms with Gasteiger partial charge in [-0.15, -0.1) is 0 Å². The highest BCUT2D eigenvalue weighted by atomic mass is 35.5. The van der Waals surface area contributed by atoms with E-state index in [4.69, 9.17) is 16.3 Å². The molecule has 5 nitrogen and oxygen atoms in total. The molecule has 0 bridgehead atoms. The third kappa shape index (κ3) is 6.10. The Morgan fingerprint density at radius 3 is 2.47 bits per heavy atom. The second kappa shape index (κ2) is 6.43. The molecule has 6 heteroatoms. The van der Waals surface area contributed by atoms with Crippen molar-refractivity contribution < 1.29 is 14.3 Å². The molecule has 0 aliphatic carbocycles. The van der Waals surface area contributed by atoms with E-state index < -0.39 is 11.7 Å². The predicted molar refractivity (Wildman–Crippen MR) is 74.3 cm³/mol. The van der Waals surface area contributed by atoms with Crippen LogP contribution < -0.4 is 10.6 Å². The molecule has 0 spiro atoms. The molecule has 2 amide bonds. The normalized spacial score (nSPS) is 10.7. The van der Waals surface area contributed by atoms with E-state index in [0.29, 0.717) is 10.7 Å². The molecule has 19 heavy (non-hydrogen) atoms. The van der Waals surface area contributed by atoms with E-state index in [1.54, 1.807) is 45.0 Å². The van der Waals surface area contributed by atoms with Crippen LogP contribution in [0.1, 0.15) is 20.8 Å². The van der Waals surface area contributed by atoms with Crippen LogP contribution in [0, 0.1) is 0 Å². The highest BCUT2D eigenvalue weighted by Crippen LogP contribution is 2.19. The first-order valence-electron chi connectivity index (χ1n) is 5.79. The fourth-order valence-electron chi connectivity index (χ4n) is 1.22. The highest BCUT2D eigenvalue weighted by molar-refractivity contribution is 6.33. The molecule has 0 heterocycles. The van der Waals surface area contributed by atoms with E-state index >= 15 is 0 Å². The van der Waals surface area contributed by atoms with Gasteiger partial charge in [0.25, 0.3) is 0 Å². The van der Waals surface area contributed by atoms with Crippen molar-refractivity contribution in [2.24, 2.45) is 0 Å². The van der Waals surface area contributed by atoms with Crippen LogP contribution in [0.3, 0.4) is 0 Å². The smallest absolute Gasteiger partial charge is 0.408 e. The number of halogens is 1. The molecule has 0 aromatic heterocycles. The third-order valence-electron chi connectivity index (χ3n) is 1.94. The van der Waals surface area contributed by atoms with Gasteiger partial charge in [-0.05, 0) is 32.9 Å². The molecule has 0 saturated carbocycles. The maximum atomic E-state index is 11.6. The van der Waals surface area contributed by atoms with Gasteiger partial charge < -0.3 is 15.4 Å². The number of rotatable bonds is 3. The molecule has 1 rings (SSSR count). The number of hydrogen-bond donors (Lipinski definition) is 2. The van der Waals surface area contributed by atoms with Gasteiger partial charge in [0.05, 0.1) is 10.7 Å². The summed E-state index contributed by atoms with van der Waals surface area (Å²) in [5.41, 5.74) is -0.0938. The quantitative estimate of drug-likeness (QED) is 0.897. The Hall–Kier alpha value is -1.75. The van der Waals surface area contributed by atoms with E-state index in [1.807, 2.05) is 0 Å². The van der Waals surface area contributed by atoms with Crippen molar-refractivity contribution in [3.8, 4) is 0 Å². The summed E-state index contributed by atoms with van der Waals surface area (Å²) < 4.78 is 5.01. The van der Waals surface area contributed by atoms with Gasteiger partial charge in [0, 0.05) is 0 Å². The third-order valence-corrected chi connectivity index (χ3v) is 2.27. The van der Waals surface area contributed by atoms with E-state index in [0.717, 1.165) is 0 Å². The summed E-state index contributed by atoms with van der Waals surface area (Å²) >= 11 is 5.89. The van der Waals surface area contributed by atoms with Crippen LogP contribution in [-0.4, -0.2) is 24.1 Å². The van der Waals surface area contributed by atoms with E-state index in [1.165, 1.54) is 0 Å². The average Bonchev–Trinajstić information content (AvgIpc) is 2.27. The lowest BCUT2D eigenvalue weighted by Gasteiger charge is -2.19.